The van der Waals surface area contributed by atoms with Crippen molar-refractivity contribution in [3.8, 4) is 0 Å². The maximum Gasteiger partial charge on any atom is 0.306 e. The van der Waals surface area contributed by atoms with Crippen molar-refractivity contribution in [1.29, 1.82) is 0 Å². The third-order valence-electron chi connectivity index (χ3n) is 2.95. The molecule has 0 aliphatic carbocycles. The fraction of sp³-hybridized carbons (Fsp3) is 0.889. The van der Waals surface area contributed by atoms with Crippen molar-refractivity contribution in [3.63, 3.8) is 0 Å². The van der Waals surface area contributed by atoms with Gasteiger partial charge in [0.25, 0.3) is 0 Å². The minimum Gasteiger partial charge on any atom is -0.460 e. The molecule has 1 atom stereocenters. The molecule has 0 bridgehead atoms. The average Bonchev–Trinajstić information content (AvgIpc) is 2.86. The maximum atomic E-state index is 11.5. The Bertz CT molecular complexity index is 329. The molecule has 1 fully saturated rings. The highest BCUT2D eigenvalue weighted by atomic mass is 16.6. The van der Waals surface area contributed by atoms with Crippen molar-refractivity contribution in [1.82, 2.24) is 4.90 Å². The summed E-state index contributed by atoms with van der Waals surface area (Å²) in [6.45, 7) is 17.1. The van der Waals surface area contributed by atoms with Gasteiger partial charge < -0.3 is 14.4 Å². The van der Waals surface area contributed by atoms with E-state index in [2.05, 4.69) is 0 Å². The van der Waals surface area contributed by atoms with E-state index in [0.717, 1.165) is 19.4 Å². The Morgan fingerprint density at radius 2 is 1.61 bits per heavy atom. The number of esters is 1. The highest BCUT2D eigenvalue weighted by molar-refractivity contribution is 5.70. The number of carbonyl (C=O) groups is 2. The average molecular weight is 331 g/mol. The molecule has 1 heterocycles. The second-order valence-electron chi connectivity index (χ2n) is 7.36. The first-order chi connectivity index (χ1) is 10.5. The Hall–Kier alpha value is -1.10. The number of rotatable bonds is 3. The quantitative estimate of drug-likeness (QED) is 0.585. The van der Waals surface area contributed by atoms with E-state index in [-0.39, 0.29) is 17.5 Å². The summed E-state index contributed by atoms with van der Waals surface area (Å²) < 4.78 is 10.2. The molecule has 1 rings (SSSR count). The lowest BCUT2D eigenvalue weighted by molar-refractivity contribution is -0.155. The van der Waals surface area contributed by atoms with E-state index >= 15 is 0 Å². The molecule has 0 N–H and O–H groups in total. The van der Waals surface area contributed by atoms with Gasteiger partial charge in [0.05, 0.1) is 12.0 Å². The predicted molar refractivity (Wildman–Crippen MR) is 94.3 cm³/mol. The van der Waals surface area contributed by atoms with Crippen LogP contribution in [0.3, 0.4) is 0 Å². The van der Waals surface area contributed by atoms with Crippen molar-refractivity contribution >= 4 is 12.4 Å². The zero-order valence-electron chi connectivity index (χ0n) is 16.6. The zero-order chi connectivity index (χ0) is 18.7. The van der Waals surface area contributed by atoms with Gasteiger partial charge in [-0.05, 0) is 53.9 Å². The van der Waals surface area contributed by atoms with Crippen LogP contribution in [0, 0.1) is 5.92 Å². The molecule has 0 spiro atoms. The van der Waals surface area contributed by atoms with Crippen LogP contribution in [0.2, 0.25) is 0 Å². The second-order valence-corrected chi connectivity index (χ2v) is 7.36. The fourth-order valence-corrected chi connectivity index (χ4v) is 1.74. The fourth-order valence-electron chi connectivity index (χ4n) is 1.74. The molecule has 1 amide bonds. The summed E-state index contributed by atoms with van der Waals surface area (Å²) in [4.78, 5) is 23.7. The van der Waals surface area contributed by atoms with Crippen molar-refractivity contribution in [2.24, 2.45) is 5.92 Å². The third kappa shape index (κ3) is 15.6. The van der Waals surface area contributed by atoms with Crippen molar-refractivity contribution in [2.75, 3.05) is 20.2 Å². The lowest BCUT2D eigenvalue weighted by atomic mass is 10.1. The number of likely N-dealkylation sites (tertiary alicyclic amines) is 1. The SMILES string of the molecule is CC.CC(C)(C)OC(=O)CC1CCN(C=O)C1.COC(C)(C)C. The lowest BCUT2D eigenvalue weighted by Crippen LogP contribution is -2.26. The number of methoxy groups -OCH3 is 1. The van der Waals surface area contributed by atoms with Crippen LogP contribution < -0.4 is 0 Å². The van der Waals surface area contributed by atoms with E-state index < -0.39 is 5.60 Å². The highest BCUT2D eigenvalue weighted by Crippen LogP contribution is 2.20. The van der Waals surface area contributed by atoms with Gasteiger partial charge in [-0.2, -0.15) is 0 Å². The predicted octanol–water partition coefficient (Wildman–Crippen LogP) is 3.65. The van der Waals surface area contributed by atoms with Crippen molar-refractivity contribution in [2.45, 2.75) is 79.4 Å². The molecule has 0 saturated carbocycles. The van der Waals surface area contributed by atoms with Crippen LogP contribution in [0.1, 0.15) is 68.2 Å². The summed E-state index contributed by atoms with van der Waals surface area (Å²) in [5.74, 6) is 0.102. The number of carbonyl (C=O) groups excluding carboxylic acids is 2. The van der Waals surface area contributed by atoms with Crippen LogP contribution in [0.5, 0.6) is 0 Å². The molecule has 1 aliphatic heterocycles. The second kappa shape index (κ2) is 11.4. The molecule has 1 saturated heterocycles. The number of amides is 1. The Labute approximate surface area is 142 Å². The first kappa shape index (κ1) is 24.2. The van der Waals surface area contributed by atoms with Gasteiger partial charge in [-0.15, -0.1) is 0 Å². The molecular formula is C18H37NO4. The van der Waals surface area contributed by atoms with E-state index in [4.69, 9.17) is 9.47 Å². The van der Waals surface area contributed by atoms with Crippen LogP contribution in [0.15, 0.2) is 0 Å². The Kier molecular flexibility index (Phi) is 12.0. The normalized spacial score (nSPS) is 17.4. The Morgan fingerprint density at radius 1 is 1.13 bits per heavy atom. The minimum atomic E-state index is -0.417. The van der Waals surface area contributed by atoms with Gasteiger partial charge in [-0.25, -0.2) is 0 Å². The number of hydrogen-bond acceptors (Lipinski definition) is 4. The first-order valence-corrected chi connectivity index (χ1v) is 8.43. The van der Waals surface area contributed by atoms with Crippen LogP contribution >= 0.6 is 0 Å². The van der Waals surface area contributed by atoms with E-state index in [1.165, 1.54) is 0 Å². The number of nitrogens with zero attached hydrogens (tertiary/aromatic N) is 1. The molecule has 5 nitrogen and oxygen atoms in total. The molecule has 138 valence electrons. The number of ether oxygens (including phenoxy) is 2. The number of hydrogen-bond donors (Lipinski definition) is 0. The van der Waals surface area contributed by atoms with E-state index in [1.54, 1.807) is 12.0 Å². The van der Waals surface area contributed by atoms with Gasteiger partial charge in [-0.3, -0.25) is 9.59 Å². The summed E-state index contributed by atoms with van der Waals surface area (Å²) in [6, 6.07) is 0. The monoisotopic (exact) mass is 331 g/mol. The molecule has 5 heteroatoms. The summed E-state index contributed by atoms with van der Waals surface area (Å²) in [5, 5.41) is 0. The van der Waals surface area contributed by atoms with Crippen LogP contribution in [0.4, 0.5) is 0 Å². The van der Waals surface area contributed by atoms with Gasteiger partial charge in [0, 0.05) is 20.2 Å². The molecule has 0 aromatic rings. The molecule has 23 heavy (non-hydrogen) atoms. The Morgan fingerprint density at radius 3 is 1.91 bits per heavy atom. The highest BCUT2D eigenvalue weighted by Gasteiger charge is 2.26. The summed E-state index contributed by atoms with van der Waals surface area (Å²) in [5.41, 5.74) is -0.375. The van der Waals surface area contributed by atoms with Crippen molar-refractivity contribution in [3.05, 3.63) is 0 Å². The largest absolute Gasteiger partial charge is 0.460 e. The van der Waals surface area contributed by atoms with Gasteiger partial charge in [0.2, 0.25) is 6.41 Å². The molecule has 0 radical (unpaired) electrons. The summed E-state index contributed by atoms with van der Waals surface area (Å²) in [6.07, 6.45) is 2.16. The van der Waals surface area contributed by atoms with Gasteiger partial charge in [-0.1, -0.05) is 13.8 Å². The van der Waals surface area contributed by atoms with Crippen LogP contribution in [-0.2, 0) is 19.1 Å². The first-order valence-electron chi connectivity index (χ1n) is 8.43. The van der Waals surface area contributed by atoms with Crippen LogP contribution in [0.25, 0.3) is 0 Å². The van der Waals surface area contributed by atoms with Gasteiger partial charge >= 0.3 is 5.97 Å². The standard InChI is InChI=1S/C11H19NO3.C5H12O.C2H6/c1-11(2,3)15-10(14)6-9-4-5-12(7-9)8-13;1-5(2,3)6-4;1-2/h8-9H,4-7H2,1-3H3;1-4H3;1-2H3. The maximum absolute atomic E-state index is 11.5. The van der Waals surface area contributed by atoms with E-state index in [1.807, 2.05) is 55.4 Å². The smallest absolute Gasteiger partial charge is 0.306 e. The zero-order valence-corrected chi connectivity index (χ0v) is 16.6. The third-order valence-corrected chi connectivity index (χ3v) is 2.95. The van der Waals surface area contributed by atoms with Crippen LogP contribution in [-0.4, -0.2) is 48.7 Å². The van der Waals surface area contributed by atoms with Crippen molar-refractivity contribution < 1.29 is 19.1 Å². The molecule has 1 unspecified atom stereocenters. The van der Waals surface area contributed by atoms with Gasteiger partial charge in [0.15, 0.2) is 0 Å². The topological polar surface area (TPSA) is 55.8 Å². The van der Waals surface area contributed by atoms with E-state index in [0.29, 0.717) is 13.0 Å². The Balaban J connectivity index is 0. The lowest BCUT2D eigenvalue weighted by Gasteiger charge is -2.20. The molecule has 0 aromatic carbocycles. The van der Waals surface area contributed by atoms with E-state index in [9.17, 15) is 9.59 Å². The summed E-state index contributed by atoms with van der Waals surface area (Å²) >= 11 is 0. The summed E-state index contributed by atoms with van der Waals surface area (Å²) in [7, 11) is 1.71. The van der Waals surface area contributed by atoms with Gasteiger partial charge in [0.1, 0.15) is 5.60 Å². The minimum absolute atomic E-state index is 0.0417. The molecular weight excluding hydrogens is 294 g/mol. The molecule has 1 aliphatic rings. The molecule has 0 aromatic heterocycles.